The molecule has 0 spiro atoms. The lowest BCUT2D eigenvalue weighted by Gasteiger charge is -2.26. The number of amides is 1. The van der Waals surface area contributed by atoms with E-state index < -0.39 is 23.5 Å². The van der Waals surface area contributed by atoms with Gasteiger partial charge in [0.05, 0.1) is 11.1 Å². The lowest BCUT2D eigenvalue weighted by Crippen LogP contribution is -2.36. The molecule has 1 amide bonds. The lowest BCUT2D eigenvalue weighted by molar-refractivity contribution is -0.143. The zero-order valence-electron chi connectivity index (χ0n) is 22.2. The average Bonchev–Trinajstić information content (AvgIpc) is 2.76. The van der Waals surface area contributed by atoms with Crippen LogP contribution in [-0.4, -0.2) is 29.7 Å². The van der Waals surface area contributed by atoms with Gasteiger partial charge in [-0.1, -0.05) is 34.6 Å². The summed E-state index contributed by atoms with van der Waals surface area (Å²) < 4.78 is 73.0. The van der Waals surface area contributed by atoms with Crippen LogP contribution in [0.2, 0.25) is 0 Å². The van der Waals surface area contributed by atoms with Gasteiger partial charge in [0.2, 0.25) is 5.91 Å². The lowest BCUT2D eigenvalue weighted by atomic mass is 9.86. The van der Waals surface area contributed by atoms with Crippen LogP contribution in [-0.2, 0) is 17.1 Å². The summed E-state index contributed by atoms with van der Waals surface area (Å²) in [6.07, 6.45) is -5.55. The molecule has 208 valence electrons. The van der Waals surface area contributed by atoms with Crippen LogP contribution < -0.4 is 11.1 Å². The molecule has 4 N–H and O–H groups in total. The number of aryl methyl sites for hydroxylation is 1. The van der Waals surface area contributed by atoms with Crippen LogP contribution in [0.25, 0.3) is 0 Å². The van der Waals surface area contributed by atoms with E-state index in [0.717, 1.165) is 32.2 Å². The number of aliphatic hydroxyl groups excluding tert-OH is 1. The Labute approximate surface area is 206 Å². The molecule has 0 heterocycles. The molecule has 1 fully saturated rings. The Morgan fingerprint density at radius 1 is 0.943 bits per heavy atom. The molecular weight excluding hydrogens is 474 g/mol. The van der Waals surface area contributed by atoms with Crippen LogP contribution in [0.3, 0.4) is 0 Å². The van der Waals surface area contributed by atoms with Crippen LogP contribution >= 0.6 is 0 Å². The summed E-state index contributed by atoms with van der Waals surface area (Å²) in [5, 5.41) is 11.4. The Balaban J connectivity index is -0.000000457. The zero-order chi connectivity index (χ0) is 28.4. The van der Waals surface area contributed by atoms with Crippen molar-refractivity contribution < 1.29 is 36.2 Å². The number of carbonyl (C=O) groups is 1. The fourth-order valence-electron chi connectivity index (χ4n) is 2.98. The quantitative estimate of drug-likeness (QED) is 0.373. The number of rotatable bonds is 3. The van der Waals surface area contributed by atoms with E-state index in [9.17, 15) is 31.1 Å². The number of hydrogen-bond donors (Lipinski definition) is 3. The van der Waals surface area contributed by atoms with E-state index in [2.05, 4.69) is 12.2 Å². The highest BCUT2D eigenvalue weighted by molar-refractivity contribution is 5.76. The third kappa shape index (κ3) is 19.1. The predicted octanol–water partition coefficient (Wildman–Crippen LogP) is 7.11. The van der Waals surface area contributed by atoms with Crippen molar-refractivity contribution in [3.63, 3.8) is 0 Å². The second-order valence-corrected chi connectivity index (χ2v) is 7.69. The molecule has 1 saturated carbocycles. The molecule has 35 heavy (non-hydrogen) atoms. The van der Waals surface area contributed by atoms with E-state index in [4.69, 9.17) is 10.8 Å². The number of halogens is 6. The van der Waals surface area contributed by atoms with Gasteiger partial charge in [-0.25, -0.2) is 0 Å². The minimum Gasteiger partial charge on any atom is -0.394 e. The van der Waals surface area contributed by atoms with Gasteiger partial charge in [-0.2, -0.15) is 26.3 Å². The van der Waals surface area contributed by atoms with Gasteiger partial charge in [0, 0.05) is 18.1 Å². The average molecular weight is 519 g/mol. The number of carbonyl (C=O) groups excluding carboxylic acids is 1. The molecule has 0 unspecified atom stereocenters. The highest BCUT2D eigenvalue weighted by atomic mass is 19.4. The Hall–Kier alpha value is -1.81. The Kier molecular flexibility index (Phi) is 20.9. The fourth-order valence-corrected chi connectivity index (χ4v) is 2.98. The van der Waals surface area contributed by atoms with Crippen molar-refractivity contribution in [2.75, 3.05) is 6.54 Å². The predicted molar refractivity (Wildman–Crippen MR) is 130 cm³/mol. The normalized spacial score (nSPS) is 17.3. The molecule has 0 saturated heterocycles. The maximum Gasteiger partial charge on any atom is 0.416 e. The minimum atomic E-state index is -4.76. The first-order valence-electron chi connectivity index (χ1n) is 12.0. The second kappa shape index (κ2) is 19.4. The zero-order valence-corrected chi connectivity index (χ0v) is 22.2. The highest BCUT2D eigenvalue weighted by Crippen LogP contribution is 2.36. The molecule has 1 aromatic carbocycles. The summed E-state index contributed by atoms with van der Waals surface area (Å²) >= 11 is 0. The number of hydrogen-bond acceptors (Lipinski definition) is 3. The van der Waals surface area contributed by atoms with Crippen molar-refractivity contribution in [2.45, 2.75) is 106 Å². The first-order valence-corrected chi connectivity index (χ1v) is 12.0. The summed E-state index contributed by atoms with van der Waals surface area (Å²) in [6.45, 7) is 15.8. The van der Waals surface area contributed by atoms with Gasteiger partial charge in [0.15, 0.2) is 0 Å². The summed E-state index contributed by atoms with van der Waals surface area (Å²) in [6, 6.07) is 2.07. The number of benzene rings is 1. The van der Waals surface area contributed by atoms with Crippen LogP contribution in [0, 0.1) is 12.8 Å². The van der Waals surface area contributed by atoms with Gasteiger partial charge in [-0.3, -0.25) is 4.79 Å². The van der Waals surface area contributed by atoms with Crippen LogP contribution in [0.5, 0.6) is 0 Å². The van der Waals surface area contributed by atoms with E-state index in [1.807, 2.05) is 27.7 Å². The van der Waals surface area contributed by atoms with Gasteiger partial charge >= 0.3 is 12.4 Å². The molecule has 0 radical (unpaired) electrons. The van der Waals surface area contributed by atoms with E-state index in [1.54, 1.807) is 13.8 Å². The third-order valence-electron chi connectivity index (χ3n) is 4.35. The maximum absolute atomic E-state index is 12.2. The first kappa shape index (κ1) is 37.7. The molecule has 0 aliphatic heterocycles. The van der Waals surface area contributed by atoms with E-state index in [0.29, 0.717) is 18.2 Å². The topological polar surface area (TPSA) is 75.3 Å². The molecular formula is C25H44F6N2O2. The van der Waals surface area contributed by atoms with E-state index >= 15 is 0 Å². The minimum absolute atomic E-state index is 0.0721. The van der Waals surface area contributed by atoms with Gasteiger partial charge in [0.1, 0.15) is 0 Å². The van der Waals surface area contributed by atoms with Gasteiger partial charge in [0.25, 0.3) is 0 Å². The maximum atomic E-state index is 12.2. The fraction of sp³-hybridized carbons (Fsp3) is 0.720. The van der Waals surface area contributed by atoms with Crippen molar-refractivity contribution in [1.82, 2.24) is 5.32 Å². The van der Waals surface area contributed by atoms with Crippen LogP contribution in [0.15, 0.2) is 18.2 Å². The van der Waals surface area contributed by atoms with Crippen molar-refractivity contribution in [1.29, 1.82) is 0 Å². The Bertz CT molecular complexity index is 634. The number of alkyl halides is 6. The van der Waals surface area contributed by atoms with Crippen LogP contribution in [0.4, 0.5) is 26.3 Å². The molecule has 4 nitrogen and oxygen atoms in total. The molecule has 1 aliphatic rings. The van der Waals surface area contributed by atoms with E-state index in [-0.39, 0.29) is 29.6 Å². The highest BCUT2D eigenvalue weighted by Gasteiger charge is 2.36. The summed E-state index contributed by atoms with van der Waals surface area (Å²) in [4.78, 5) is 10.8. The van der Waals surface area contributed by atoms with Gasteiger partial charge in [-0.05, 0) is 76.8 Å². The summed E-state index contributed by atoms with van der Waals surface area (Å²) in [5.74, 6) is 0.0184. The van der Waals surface area contributed by atoms with E-state index in [1.165, 1.54) is 6.92 Å². The van der Waals surface area contributed by atoms with Crippen LogP contribution in [0.1, 0.15) is 90.8 Å². The van der Waals surface area contributed by atoms with Crippen molar-refractivity contribution in [3.8, 4) is 0 Å². The number of primary amides is 1. The number of nitrogens with two attached hydrogens (primary N) is 1. The summed E-state index contributed by atoms with van der Waals surface area (Å²) in [5.41, 5.74) is 2.59. The largest absolute Gasteiger partial charge is 0.416 e. The van der Waals surface area contributed by atoms with Crippen molar-refractivity contribution in [3.05, 3.63) is 34.9 Å². The number of nitrogens with one attached hydrogen (secondary N) is 1. The smallest absolute Gasteiger partial charge is 0.394 e. The molecule has 0 atom stereocenters. The summed E-state index contributed by atoms with van der Waals surface area (Å²) in [7, 11) is 0. The Morgan fingerprint density at radius 2 is 1.29 bits per heavy atom. The number of aliphatic hydroxyl groups is 1. The first-order chi connectivity index (χ1) is 16.1. The monoisotopic (exact) mass is 518 g/mol. The molecule has 0 bridgehead atoms. The molecule has 1 aromatic rings. The SMILES string of the molecule is CC.CC.CC(C)O.CCNC1CCC(C(N)=O)CC1.Cc1cc(C(F)(F)F)cc(C(F)(F)F)c1. The molecule has 0 aromatic heterocycles. The molecule has 2 rings (SSSR count). The van der Waals surface area contributed by atoms with Gasteiger partial charge in [-0.15, -0.1) is 0 Å². The molecule has 10 heteroatoms. The molecule has 1 aliphatic carbocycles. The second-order valence-electron chi connectivity index (χ2n) is 7.69. The van der Waals surface area contributed by atoms with Crippen molar-refractivity contribution in [2.24, 2.45) is 11.7 Å². The van der Waals surface area contributed by atoms with Crippen molar-refractivity contribution >= 4 is 5.91 Å². The third-order valence-corrected chi connectivity index (χ3v) is 4.35. The van der Waals surface area contributed by atoms with Gasteiger partial charge < -0.3 is 16.2 Å². The standard InChI is InChI=1S/C9H6F6.C9H18N2O.C3H8O.2C2H6/c1-5-2-6(8(10,11)12)4-7(3-5)9(13,14)15;1-2-11-8-5-3-7(4-6-8)9(10)12;1-3(2)4;2*1-2/h2-4H,1H3;7-8,11H,2-6H2,1H3,(H2,10,12);3-4H,1-2H3;2*1-2H3. The Morgan fingerprint density at radius 3 is 1.54 bits per heavy atom.